The lowest BCUT2D eigenvalue weighted by atomic mass is 10.2. The van der Waals surface area contributed by atoms with E-state index in [0.717, 1.165) is 32.8 Å². The normalized spacial score (nSPS) is 23.8. The van der Waals surface area contributed by atoms with Gasteiger partial charge in [-0.2, -0.15) is 0 Å². The molecule has 0 saturated carbocycles. The molecule has 96 valence electrons. The third-order valence-electron chi connectivity index (χ3n) is 3.30. The Morgan fingerprint density at radius 1 is 1.65 bits per heavy atom. The molecule has 2 unspecified atom stereocenters. The molecule has 0 spiro atoms. The van der Waals surface area contributed by atoms with E-state index in [-0.39, 0.29) is 0 Å². The summed E-state index contributed by atoms with van der Waals surface area (Å²) in [6.07, 6.45) is 0. The number of nitrogens with one attached hydrogen (secondary N) is 1. The third-order valence-corrected chi connectivity index (χ3v) is 4.18. The quantitative estimate of drug-likeness (QED) is 0.869. The highest BCUT2D eigenvalue weighted by molar-refractivity contribution is 7.09. The first-order valence-corrected chi connectivity index (χ1v) is 7.22. The summed E-state index contributed by atoms with van der Waals surface area (Å²) in [6.45, 7) is 9.37. The second kappa shape index (κ2) is 6.50. The minimum Gasteiger partial charge on any atom is -0.379 e. The van der Waals surface area contributed by atoms with Crippen LogP contribution in [-0.4, -0.2) is 43.3 Å². The minimum absolute atomic E-state index is 0.544. The van der Waals surface area contributed by atoms with Crippen molar-refractivity contribution in [3.63, 3.8) is 0 Å². The van der Waals surface area contributed by atoms with Crippen LogP contribution >= 0.6 is 11.3 Å². The maximum Gasteiger partial charge on any atom is 0.0619 e. The molecule has 1 aliphatic heterocycles. The number of hydrogen-bond acceptors (Lipinski definition) is 4. The lowest BCUT2D eigenvalue weighted by Gasteiger charge is -2.37. The molecule has 2 rings (SSSR count). The highest BCUT2D eigenvalue weighted by Crippen LogP contribution is 2.11. The molecule has 1 aliphatic rings. The van der Waals surface area contributed by atoms with Crippen LogP contribution in [0, 0.1) is 0 Å². The molecule has 1 fully saturated rings. The van der Waals surface area contributed by atoms with Crippen molar-refractivity contribution in [3.8, 4) is 0 Å². The van der Waals surface area contributed by atoms with Crippen molar-refractivity contribution in [2.45, 2.75) is 32.5 Å². The molecule has 0 radical (unpaired) electrons. The molecule has 1 saturated heterocycles. The molecule has 0 aliphatic carbocycles. The molecular formula is C13H22N2OS. The molecular weight excluding hydrogens is 232 g/mol. The number of ether oxygens (including phenoxy) is 1. The third kappa shape index (κ3) is 3.78. The molecule has 2 atom stereocenters. The molecule has 0 aromatic carbocycles. The zero-order valence-electron chi connectivity index (χ0n) is 10.7. The van der Waals surface area contributed by atoms with Crippen LogP contribution < -0.4 is 5.32 Å². The van der Waals surface area contributed by atoms with E-state index in [2.05, 4.69) is 41.6 Å². The van der Waals surface area contributed by atoms with Crippen LogP contribution in [0.3, 0.4) is 0 Å². The summed E-state index contributed by atoms with van der Waals surface area (Å²) in [5, 5.41) is 5.66. The van der Waals surface area contributed by atoms with Crippen molar-refractivity contribution in [1.29, 1.82) is 0 Å². The van der Waals surface area contributed by atoms with Gasteiger partial charge in [0.25, 0.3) is 0 Å². The summed E-state index contributed by atoms with van der Waals surface area (Å²) in [5.74, 6) is 0. The first-order chi connectivity index (χ1) is 8.27. The molecule has 1 aromatic heterocycles. The fourth-order valence-electron chi connectivity index (χ4n) is 2.33. The first kappa shape index (κ1) is 13.0. The van der Waals surface area contributed by atoms with Gasteiger partial charge in [-0.3, -0.25) is 4.90 Å². The maximum absolute atomic E-state index is 5.47. The monoisotopic (exact) mass is 254 g/mol. The number of nitrogens with zero attached hydrogens (tertiary/aromatic N) is 1. The van der Waals surface area contributed by atoms with Gasteiger partial charge in [-0.05, 0) is 25.3 Å². The Morgan fingerprint density at radius 3 is 3.24 bits per heavy atom. The first-order valence-electron chi connectivity index (χ1n) is 6.34. The van der Waals surface area contributed by atoms with Crippen molar-refractivity contribution >= 4 is 11.3 Å². The number of thiophene rings is 1. The molecule has 2 heterocycles. The SMILES string of the molecule is CC(CNCc1cccs1)N1CCOCC1C. The Labute approximate surface area is 108 Å². The van der Waals surface area contributed by atoms with Gasteiger partial charge >= 0.3 is 0 Å². The fraction of sp³-hybridized carbons (Fsp3) is 0.692. The Kier molecular flexibility index (Phi) is 4.98. The van der Waals surface area contributed by atoms with Crippen molar-refractivity contribution in [3.05, 3.63) is 22.4 Å². The Bertz CT molecular complexity index is 315. The molecule has 17 heavy (non-hydrogen) atoms. The topological polar surface area (TPSA) is 24.5 Å². The van der Waals surface area contributed by atoms with Crippen LogP contribution in [0.5, 0.6) is 0 Å². The van der Waals surface area contributed by atoms with Crippen LogP contribution in [0.2, 0.25) is 0 Å². The predicted octanol–water partition coefficient (Wildman–Crippen LogP) is 1.95. The van der Waals surface area contributed by atoms with E-state index in [9.17, 15) is 0 Å². The smallest absolute Gasteiger partial charge is 0.0619 e. The maximum atomic E-state index is 5.47. The zero-order chi connectivity index (χ0) is 12.1. The second-order valence-electron chi connectivity index (χ2n) is 4.72. The summed E-state index contributed by atoms with van der Waals surface area (Å²) in [6, 6.07) is 5.41. The van der Waals surface area contributed by atoms with Crippen LogP contribution in [0.25, 0.3) is 0 Å². The number of morpholine rings is 1. The van der Waals surface area contributed by atoms with Gasteiger partial charge in [-0.25, -0.2) is 0 Å². The van der Waals surface area contributed by atoms with E-state index in [1.807, 2.05) is 11.3 Å². The van der Waals surface area contributed by atoms with Gasteiger partial charge < -0.3 is 10.1 Å². The summed E-state index contributed by atoms with van der Waals surface area (Å²) in [4.78, 5) is 3.94. The summed E-state index contributed by atoms with van der Waals surface area (Å²) in [5.41, 5.74) is 0. The van der Waals surface area contributed by atoms with Gasteiger partial charge in [0.15, 0.2) is 0 Å². The highest BCUT2D eigenvalue weighted by Gasteiger charge is 2.23. The minimum atomic E-state index is 0.544. The summed E-state index contributed by atoms with van der Waals surface area (Å²) < 4.78 is 5.47. The Morgan fingerprint density at radius 2 is 2.53 bits per heavy atom. The predicted molar refractivity (Wildman–Crippen MR) is 72.5 cm³/mol. The Balaban J connectivity index is 1.71. The summed E-state index contributed by atoms with van der Waals surface area (Å²) in [7, 11) is 0. The van der Waals surface area contributed by atoms with Gasteiger partial charge in [-0.15, -0.1) is 11.3 Å². The van der Waals surface area contributed by atoms with E-state index < -0.39 is 0 Å². The van der Waals surface area contributed by atoms with E-state index in [1.165, 1.54) is 4.88 Å². The lowest BCUT2D eigenvalue weighted by molar-refractivity contribution is -0.0181. The fourth-order valence-corrected chi connectivity index (χ4v) is 3.00. The zero-order valence-corrected chi connectivity index (χ0v) is 11.5. The molecule has 1 aromatic rings. The standard InChI is InChI=1S/C13H22N2OS/c1-11(15-5-6-16-10-12(15)2)8-14-9-13-4-3-7-17-13/h3-4,7,11-12,14H,5-6,8-10H2,1-2H3. The van der Waals surface area contributed by atoms with E-state index in [4.69, 9.17) is 4.74 Å². The lowest BCUT2D eigenvalue weighted by Crippen LogP contribution is -2.51. The number of rotatable bonds is 5. The van der Waals surface area contributed by atoms with E-state index in [0.29, 0.717) is 12.1 Å². The van der Waals surface area contributed by atoms with Gasteiger partial charge in [0, 0.05) is 36.6 Å². The van der Waals surface area contributed by atoms with Crippen molar-refractivity contribution < 1.29 is 4.74 Å². The van der Waals surface area contributed by atoms with E-state index in [1.54, 1.807) is 0 Å². The van der Waals surface area contributed by atoms with Crippen LogP contribution in [-0.2, 0) is 11.3 Å². The second-order valence-corrected chi connectivity index (χ2v) is 5.75. The van der Waals surface area contributed by atoms with Gasteiger partial charge in [0.2, 0.25) is 0 Å². The molecule has 3 nitrogen and oxygen atoms in total. The van der Waals surface area contributed by atoms with Gasteiger partial charge in [-0.1, -0.05) is 6.07 Å². The van der Waals surface area contributed by atoms with Crippen molar-refractivity contribution in [2.75, 3.05) is 26.3 Å². The Hall–Kier alpha value is -0.420. The van der Waals surface area contributed by atoms with Crippen LogP contribution in [0.15, 0.2) is 17.5 Å². The average Bonchev–Trinajstić information content (AvgIpc) is 2.82. The molecule has 0 amide bonds. The van der Waals surface area contributed by atoms with E-state index >= 15 is 0 Å². The number of hydrogen-bond donors (Lipinski definition) is 1. The van der Waals surface area contributed by atoms with Crippen LogP contribution in [0.1, 0.15) is 18.7 Å². The summed E-state index contributed by atoms with van der Waals surface area (Å²) >= 11 is 1.81. The largest absolute Gasteiger partial charge is 0.379 e. The molecule has 4 heteroatoms. The van der Waals surface area contributed by atoms with Crippen molar-refractivity contribution in [2.24, 2.45) is 0 Å². The highest BCUT2D eigenvalue weighted by atomic mass is 32.1. The average molecular weight is 254 g/mol. The van der Waals surface area contributed by atoms with Crippen LogP contribution in [0.4, 0.5) is 0 Å². The van der Waals surface area contributed by atoms with Gasteiger partial charge in [0.1, 0.15) is 0 Å². The molecule has 1 N–H and O–H groups in total. The van der Waals surface area contributed by atoms with Crippen molar-refractivity contribution in [1.82, 2.24) is 10.2 Å². The molecule has 0 bridgehead atoms. The van der Waals surface area contributed by atoms with Gasteiger partial charge in [0.05, 0.1) is 13.2 Å².